The van der Waals surface area contributed by atoms with Crippen molar-refractivity contribution in [3.05, 3.63) is 131 Å². The number of amides is 1. The van der Waals surface area contributed by atoms with Crippen LogP contribution in [0.3, 0.4) is 0 Å². The maximum atomic E-state index is 13.5. The summed E-state index contributed by atoms with van der Waals surface area (Å²) in [5.41, 5.74) is 1.30. The van der Waals surface area contributed by atoms with Crippen LogP contribution in [-0.2, 0) is 25.4 Å². The van der Waals surface area contributed by atoms with E-state index in [4.69, 9.17) is 5.11 Å². The molecule has 1 amide bonds. The van der Waals surface area contributed by atoms with Gasteiger partial charge in [-0.15, -0.1) is 0 Å². The first kappa shape index (κ1) is 29.4. The molecule has 5 rings (SSSR count). The first-order valence-electron chi connectivity index (χ1n) is 12.9. The highest BCUT2D eigenvalue weighted by Crippen LogP contribution is 2.34. The highest BCUT2D eigenvalue weighted by Gasteiger charge is 2.31. The van der Waals surface area contributed by atoms with Crippen LogP contribution in [0, 0.1) is 0 Å². The number of carboxylic acids is 1. The number of aromatic nitrogens is 1. The summed E-state index contributed by atoms with van der Waals surface area (Å²) in [5, 5.41) is 12.5. The molecule has 0 radical (unpaired) electrons. The molecule has 0 fully saturated rings. The summed E-state index contributed by atoms with van der Waals surface area (Å²) in [7, 11) is 0. The Morgan fingerprint density at radius 2 is 1.26 bits per heavy atom. The molecule has 0 aliphatic carbocycles. The molecule has 11 heteroatoms. The molecule has 0 saturated carbocycles. The summed E-state index contributed by atoms with van der Waals surface area (Å²) in [4.78, 5) is 24.7. The molecule has 1 heterocycles. The van der Waals surface area contributed by atoms with Gasteiger partial charge in [-0.2, -0.15) is 26.3 Å². The Morgan fingerprint density at radius 1 is 0.698 bits per heavy atom. The number of aromatic carboxylic acids is 1. The predicted molar refractivity (Wildman–Crippen MR) is 147 cm³/mol. The lowest BCUT2D eigenvalue weighted by molar-refractivity contribution is -0.138. The van der Waals surface area contributed by atoms with Crippen molar-refractivity contribution in [1.82, 2.24) is 9.88 Å². The molecular weight excluding hydrogens is 574 g/mol. The predicted octanol–water partition coefficient (Wildman–Crippen LogP) is 8.02. The number of nitrogens with one attached hydrogen (secondary N) is 1. The molecule has 0 atom stereocenters. The van der Waals surface area contributed by atoms with Crippen LogP contribution >= 0.6 is 0 Å². The van der Waals surface area contributed by atoms with Crippen LogP contribution in [0.4, 0.5) is 26.3 Å². The summed E-state index contributed by atoms with van der Waals surface area (Å²) in [6.07, 6.45) is -7.31. The lowest BCUT2D eigenvalue weighted by Gasteiger charge is -2.14. The molecule has 0 bridgehead atoms. The van der Waals surface area contributed by atoms with E-state index >= 15 is 0 Å². The second-order valence-corrected chi connectivity index (χ2v) is 9.86. The Balaban J connectivity index is 1.51. The van der Waals surface area contributed by atoms with Crippen molar-refractivity contribution >= 4 is 22.8 Å². The number of alkyl halides is 6. The molecular formula is C32H22F6N2O3. The molecule has 0 unspecified atom stereocenters. The zero-order valence-electron chi connectivity index (χ0n) is 22.1. The highest BCUT2D eigenvalue weighted by atomic mass is 19.4. The Morgan fingerprint density at radius 3 is 1.81 bits per heavy atom. The van der Waals surface area contributed by atoms with Crippen LogP contribution in [0.25, 0.3) is 22.0 Å². The Labute approximate surface area is 241 Å². The number of carbonyl (C=O) groups excluding carboxylic acids is 1. The van der Waals surface area contributed by atoms with Gasteiger partial charge >= 0.3 is 18.3 Å². The maximum Gasteiger partial charge on any atom is 0.416 e. The van der Waals surface area contributed by atoms with E-state index in [2.05, 4.69) is 5.32 Å². The number of hydrogen-bond acceptors (Lipinski definition) is 2. The monoisotopic (exact) mass is 596 g/mol. The van der Waals surface area contributed by atoms with Crippen molar-refractivity contribution in [2.75, 3.05) is 0 Å². The van der Waals surface area contributed by atoms with E-state index in [1.54, 1.807) is 41.1 Å². The van der Waals surface area contributed by atoms with Gasteiger partial charge in [-0.25, -0.2) is 4.79 Å². The minimum absolute atomic E-state index is 0.0599. The van der Waals surface area contributed by atoms with E-state index in [0.717, 1.165) is 24.3 Å². The molecule has 4 aromatic carbocycles. The Bertz CT molecular complexity index is 1790. The second kappa shape index (κ2) is 11.3. The summed E-state index contributed by atoms with van der Waals surface area (Å²) >= 11 is 0. The van der Waals surface area contributed by atoms with Gasteiger partial charge in [0.2, 0.25) is 0 Å². The van der Waals surface area contributed by atoms with E-state index in [1.165, 1.54) is 36.4 Å². The number of rotatable bonds is 7. The SMILES string of the molecule is O=C(O)c1ccc(CNC(=O)c2cc(-c3ccc(C(F)(F)F)cc3)cc3ccn(Cc4ccc(C(F)(F)F)cc4)c23)cc1. The smallest absolute Gasteiger partial charge is 0.416 e. The quantitative estimate of drug-likeness (QED) is 0.187. The number of nitrogens with zero attached hydrogens (tertiary/aromatic N) is 1. The first-order chi connectivity index (χ1) is 20.3. The number of hydrogen-bond donors (Lipinski definition) is 2. The fourth-order valence-corrected chi connectivity index (χ4v) is 4.71. The summed E-state index contributed by atoms with van der Waals surface area (Å²) in [5.74, 6) is -1.60. The standard InChI is InChI=1S/C32H22F6N2O3/c33-31(34,35)25-9-3-20(4-10-25)18-40-14-13-23-15-24(21-7-11-26(12-8-21)32(36,37)38)16-27(28(23)40)29(41)39-17-19-1-5-22(6-2-19)30(42)43/h1-16H,17-18H2,(H,39,41)(H,42,43). The summed E-state index contributed by atoms with van der Waals surface area (Å²) < 4.78 is 80.1. The summed E-state index contributed by atoms with van der Waals surface area (Å²) in [6, 6.07) is 20.1. The Kier molecular flexibility index (Phi) is 7.74. The third-order valence-corrected chi connectivity index (χ3v) is 6.94. The number of carboxylic acid groups (broad SMARTS) is 1. The van der Waals surface area contributed by atoms with E-state index in [1.807, 2.05) is 0 Å². The molecule has 0 aliphatic rings. The van der Waals surface area contributed by atoms with Crippen molar-refractivity contribution in [1.29, 1.82) is 0 Å². The van der Waals surface area contributed by atoms with Crippen LogP contribution in [-0.4, -0.2) is 21.6 Å². The summed E-state index contributed by atoms with van der Waals surface area (Å²) in [6.45, 7) is 0.211. The van der Waals surface area contributed by atoms with Gasteiger partial charge in [-0.1, -0.05) is 36.4 Å². The van der Waals surface area contributed by atoms with Gasteiger partial charge in [0, 0.05) is 24.7 Å². The van der Waals surface area contributed by atoms with E-state index < -0.39 is 35.4 Å². The molecule has 0 aliphatic heterocycles. The van der Waals surface area contributed by atoms with Crippen molar-refractivity contribution in [2.45, 2.75) is 25.4 Å². The minimum atomic E-state index is -4.51. The molecule has 1 aromatic heterocycles. The molecule has 0 spiro atoms. The van der Waals surface area contributed by atoms with Gasteiger partial charge in [0.25, 0.3) is 5.91 Å². The van der Waals surface area contributed by atoms with E-state index in [0.29, 0.717) is 33.2 Å². The lowest BCUT2D eigenvalue weighted by Crippen LogP contribution is -2.23. The highest BCUT2D eigenvalue weighted by molar-refractivity contribution is 6.08. The molecule has 2 N–H and O–H groups in total. The normalized spacial score (nSPS) is 12.0. The fraction of sp³-hybridized carbons (Fsp3) is 0.125. The molecule has 5 nitrogen and oxygen atoms in total. The van der Waals surface area contributed by atoms with Crippen LogP contribution in [0.1, 0.15) is 43.0 Å². The van der Waals surface area contributed by atoms with Gasteiger partial charge < -0.3 is 15.0 Å². The zero-order valence-corrected chi connectivity index (χ0v) is 22.1. The minimum Gasteiger partial charge on any atom is -0.478 e. The van der Waals surface area contributed by atoms with Gasteiger partial charge in [0.15, 0.2) is 0 Å². The zero-order chi connectivity index (χ0) is 30.9. The topological polar surface area (TPSA) is 71.3 Å². The molecule has 0 saturated heterocycles. The molecule has 5 aromatic rings. The van der Waals surface area contributed by atoms with Crippen LogP contribution in [0.15, 0.2) is 97.2 Å². The average Bonchev–Trinajstić information content (AvgIpc) is 3.37. The van der Waals surface area contributed by atoms with E-state index in [9.17, 15) is 35.9 Å². The molecule has 220 valence electrons. The maximum absolute atomic E-state index is 13.5. The van der Waals surface area contributed by atoms with Crippen LogP contribution in [0.5, 0.6) is 0 Å². The van der Waals surface area contributed by atoms with Gasteiger partial charge in [0.05, 0.1) is 27.8 Å². The number of halogens is 6. The second-order valence-electron chi connectivity index (χ2n) is 9.86. The van der Waals surface area contributed by atoms with E-state index in [-0.39, 0.29) is 24.2 Å². The van der Waals surface area contributed by atoms with Crippen molar-refractivity contribution in [3.8, 4) is 11.1 Å². The largest absolute Gasteiger partial charge is 0.478 e. The van der Waals surface area contributed by atoms with Crippen molar-refractivity contribution in [3.63, 3.8) is 0 Å². The van der Waals surface area contributed by atoms with Crippen LogP contribution in [0.2, 0.25) is 0 Å². The lowest BCUT2D eigenvalue weighted by atomic mass is 9.98. The third kappa shape index (κ3) is 6.56. The fourth-order valence-electron chi connectivity index (χ4n) is 4.71. The van der Waals surface area contributed by atoms with Crippen molar-refractivity contribution in [2.24, 2.45) is 0 Å². The van der Waals surface area contributed by atoms with Gasteiger partial charge in [-0.3, -0.25) is 4.79 Å². The molecule has 43 heavy (non-hydrogen) atoms. The van der Waals surface area contributed by atoms with Gasteiger partial charge in [-0.05, 0) is 76.9 Å². The van der Waals surface area contributed by atoms with Crippen LogP contribution < -0.4 is 5.32 Å². The first-order valence-corrected chi connectivity index (χ1v) is 12.9. The van der Waals surface area contributed by atoms with Gasteiger partial charge in [0.1, 0.15) is 0 Å². The number of benzene rings is 4. The average molecular weight is 597 g/mol. The van der Waals surface area contributed by atoms with Crippen molar-refractivity contribution < 1.29 is 41.0 Å². The number of fused-ring (bicyclic) bond motifs is 1. The third-order valence-electron chi connectivity index (χ3n) is 6.94. The Hall–Kier alpha value is -5.06. The number of carbonyl (C=O) groups is 2.